The van der Waals surface area contributed by atoms with Gasteiger partial charge in [-0.15, -0.1) is 0 Å². The molecule has 0 unspecified atom stereocenters. The Kier molecular flexibility index (Phi) is 4.82. The maximum absolute atomic E-state index is 12.2. The number of benzene rings is 3. The number of carbonyl (C=O) groups excluding carboxylic acids is 2. The van der Waals surface area contributed by atoms with Gasteiger partial charge in [-0.05, 0) is 53.9 Å². The van der Waals surface area contributed by atoms with E-state index in [-0.39, 0.29) is 0 Å². The summed E-state index contributed by atoms with van der Waals surface area (Å²) >= 11 is 5.93. The Hall–Kier alpha value is -2.85. The molecule has 0 atom stereocenters. The van der Waals surface area contributed by atoms with Crippen LogP contribution in [0.1, 0.15) is 23.2 Å². The van der Waals surface area contributed by atoms with Crippen molar-refractivity contribution in [1.29, 1.82) is 0 Å². The van der Waals surface area contributed by atoms with Gasteiger partial charge in [0.25, 0.3) is 11.7 Å². The van der Waals surface area contributed by atoms with Crippen LogP contribution in [0.15, 0.2) is 60.7 Å². The van der Waals surface area contributed by atoms with Gasteiger partial charge in [0.1, 0.15) is 5.75 Å². The standard InChI is InChI=1S/C22H18ClNO3/c23-17-8-10-20-19(14-17)21(25)22(26)24(20)11-3-4-12-27-18-9-7-15-5-1-2-6-16(15)13-18/h1-2,5-10,13-14H,3-4,11-12H2. The van der Waals surface area contributed by atoms with E-state index in [0.29, 0.717) is 29.4 Å². The number of nitrogens with zero attached hydrogens (tertiary/aromatic N) is 1. The molecule has 1 aliphatic rings. The number of rotatable bonds is 6. The van der Waals surface area contributed by atoms with Crippen molar-refractivity contribution in [2.24, 2.45) is 0 Å². The maximum atomic E-state index is 12.2. The fraction of sp³-hybridized carbons (Fsp3) is 0.182. The van der Waals surface area contributed by atoms with Gasteiger partial charge >= 0.3 is 0 Å². The third-order valence-electron chi connectivity index (χ3n) is 4.70. The molecule has 3 aromatic rings. The largest absolute Gasteiger partial charge is 0.494 e. The number of carbonyl (C=O) groups is 2. The Balaban J connectivity index is 1.31. The molecule has 5 heteroatoms. The topological polar surface area (TPSA) is 46.6 Å². The molecule has 27 heavy (non-hydrogen) atoms. The first-order valence-electron chi connectivity index (χ1n) is 8.91. The van der Waals surface area contributed by atoms with Crippen LogP contribution in [0.5, 0.6) is 5.75 Å². The first-order chi connectivity index (χ1) is 13.1. The van der Waals surface area contributed by atoms with Gasteiger partial charge in [0.15, 0.2) is 0 Å². The highest BCUT2D eigenvalue weighted by molar-refractivity contribution is 6.52. The molecule has 0 bridgehead atoms. The van der Waals surface area contributed by atoms with Crippen LogP contribution in [0.4, 0.5) is 5.69 Å². The average molecular weight is 380 g/mol. The lowest BCUT2D eigenvalue weighted by molar-refractivity contribution is -0.114. The summed E-state index contributed by atoms with van der Waals surface area (Å²) in [7, 11) is 0. The predicted octanol–water partition coefficient (Wildman–Crippen LogP) is 4.88. The number of fused-ring (bicyclic) bond motifs is 2. The Labute approximate surface area is 162 Å². The third kappa shape index (κ3) is 3.53. The van der Waals surface area contributed by atoms with Crippen molar-refractivity contribution in [3.05, 3.63) is 71.2 Å². The summed E-state index contributed by atoms with van der Waals surface area (Å²) in [6, 6.07) is 19.2. The summed E-state index contributed by atoms with van der Waals surface area (Å²) in [5.74, 6) is -0.135. The second kappa shape index (κ2) is 7.41. The number of hydrogen-bond acceptors (Lipinski definition) is 3. The van der Waals surface area contributed by atoms with E-state index in [0.717, 1.165) is 24.0 Å². The highest BCUT2D eigenvalue weighted by Crippen LogP contribution is 2.31. The van der Waals surface area contributed by atoms with Crippen LogP contribution >= 0.6 is 11.6 Å². The zero-order valence-electron chi connectivity index (χ0n) is 14.7. The number of hydrogen-bond donors (Lipinski definition) is 0. The summed E-state index contributed by atoms with van der Waals surface area (Å²) in [6.07, 6.45) is 1.53. The van der Waals surface area contributed by atoms with Crippen LogP contribution in [0, 0.1) is 0 Å². The van der Waals surface area contributed by atoms with E-state index in [4.69, 9.17) is 16.3 Å². The summed E-state index contributed by atoms with van der Waals surface area (Å²) in [6.45, 7) is 1.04. The third-order valence-corrected chi connectivity index (χ3v) is 4.93. The highest BCUT2D eigenvalue weighted by atomic mass is 35.5. The Morgan fingerprint density at radius 1 is 0.889 bits per heavy atom. The molecule has 0 saturated heterocycles. The first kappa shape index (κ1) is 17.6. The van der Waals surface area contributed by atoms with Crippen molar-refractivity contribution in [1.82, 2.24) is 0 Å². The Morgan fingerprint density at radius 3 is 2.56 bits per heavy atom. The van der Waals surface area contributed by atoms with Gasteiger partial charge < -0.3 is 9.64 Å². The van der Waals surface area contributed by atoms with Gasteiger partial charge in [-0.3, -0.25) is 9.59 Å². The number of ketones is 1. The fourth-order valence-corrected chi connectivity index (χ4v) is 3.49. The van der Waals surface area contributed by atoms with Crippen molar-refractivity contribution < 1.29 is 14.3 Å². The van der Waals surface area contributed by atoms with Crippen molar-refractivity contribution in [3.8, 4) is 5.75 Å². The summed E-state index contributed by atoms with van der Waals surface area (Å²) in [5, 5.41) is 2.79. The van der Waals surface area contributed by atoms with E-state index >= 15 is 0 Å². The summed E-state index contributed by atoms with van der Waals surface area (Å²) < 4.78 is 5.82. The van der Waals surface area contributed by atoms with Gasteiger partial charge in [-0.1, -0.05) is 41.9 Å². The molecule has 1 aliphatic heterocycles. The lowest BCUT2D eigenvalue weighted by Gasteiger charge is -2.16. The quantitative estimate of drug-likeness (QED) is 0.453. The Bertz CT molecular complexity index is 1030. The molecule has 0 saturated carbocycles. The van der Waals surface area contributed by atoms with E-state index in [1.54, 1.807) is 18.2 Å². The fourth-order valence-electron chi connectivity index (χ4n) is 3.31. The minimum Gasteiger partial charge on any atom is -0.494 e. The number of unbranched alkanes of at least 4 members (excludes halogenated alkanes) is 1. The van der Waals surface area contributed by atoms with E-state index < -0.39 is 11.7 Å². The van der Waals surface area contributed by atoms with Crippen molar-refractivity contribution in [3.63, 3.8) is 0 Å². The number of anilines is 1. The second-order valence-corrected chi connectivity index (χ2v) is 6.95. The number of halogens is 1. The van der Waals surface area contributed by atoms with Gasteiger partial charge in [-0.2, -0.15) is 0 Å². The van der Waals surface area contributed by atoms with Gasteiger partial charge in [0.05, 0.1) is 17.9 Å². The molecule has 0 fully saturated rings. The first-order valence-corrected chi connectivity index (χ1v) is 9.28. The van der Waals surface area contributed by atoms with Crippen LogP contribution in [0.2, 0.25) is 5.02 Å². The predicted molar refractivity (Wildman–Crippen MR) is 107 cm³/mol. The molecule has 4 rings (SSSR count). The molecular formula is C22H18ClNO3. The molecule has 1 amide bonds. The number of ether oxygens (including phenoxy) is 1. The average Bonchev–Trinajstić information content (AvgIpc) is 2.92. The lowest BCUT2D eigenvalue weighted by atomic mass is 10.1. The molecule has 0 radical (unpaired) electrons. The second-order valence-electron chi connectivity index (χ2n) is 6.51. The van der Waals surface area contributed by atoms with E-state index in [1.807, 2.05) is 30.3 Å². The molecular weight excluding hydrogens is 362 g/mol. The minimum atomic E-state index is -0.486. The van der Waals surface area contributed by atoms with Crippen LogP contribution in [0.25, 0.3) is 10.8 Å². The normalized spacial score (nSPS) is 13.3. The molecule has 1 heterocycles. The SMILES string of the molecule is O=C1C(=O)N(CCCCOc2ccc3ccccc3c2)c2ccc(Cl)cc21. The van der Waals surface area contributed by atoms with Crippen LogP contribution in [0.3, 0.4) is 0 Å². The van der Waals surface area contributed by atoms with Gasteiger partial charge in [0.2, 0.25) is 0 Å². The smallest absolute Gasteiger partial charge is 0.299 e. The van der Waals surface area contributed by atoms with E-state index in [2.05, 4.69) is 12.1 Å². The van der Waals surface area contributed by atoms with Crippen LogP contribution < -0.4 is 9.64 Å². The van der Waals surface area contributed by atoms with E-state index in [1.165, 1.54) is 10.3 Å². The zero-order valence-corrected chi connectivity index (χ0v) is 15.4. The van der Waals surface area contributed by atoms with Gasteiger partial charge in [-0.25, -0.2) is 0 Å². The van der Waals surface area contributed by atoms with Gasteiger partial charge in [0, 0.05) is 11.6 Å². The van der Waals surface area contributed by atoms with Crippen LogP contribution in [-0.4, -0.2) is 24.8 Å². The molecule has 136 valence electrons. The maximum Gasteiger partial charge on any atom is 0.299 e. The number of Topliss-reactive ketones (excluding diaryl/α,β-unsaturated/α-hetero) is 1. The van der Waals surface area contributed by atoms with E-state index in [9.17, 15) is 9.59 Å². The zero-order chi connectivity index (χ0) is 18.8. The molecule has 4 nitrogen and oxygen atoms in total. The number of amides is 1. The molecule has 0 aliphatic carbocycles. The lowest BCUT2D eigenvalue weighted by Crippen LogP contribution is -2.30. The molecule has 0 spiro atoms. The molecule has 3 aromatic carbocycles. The monoisotopic (exact) mass is 379 g/mol. The van der Waals surface area contributed by atoms with Crippen molar-refractivity contribution in [2.75, 3.05) is 18.1 Å². The summed E-state index contributed by atoms with van der Waals surface area (Å²) in [4.78, 5) is 25.8. The minimum absolute atomic E-state index is 0.389. The highest BCUT2D eigenvalue weighted by Gasteiger charge is 2.35. The van der Waals surface area contributed by atoms with Crippen molar-refractivity contribution in [2.45, 2.75) is 12.8 Å². The summed E-state index contributed by atoms with van der Waals surface area (Å²) in [5.41, 5.74) is 1.03. The Morgan fingerprint density at radius 2 is 1.70 bits per heavy atom. The van der Waals surface area contributed by atoms with Crippen molar-refractivity contribution >= 4 is 39.8 Å². The molecule has 0 aromatic heterocycles. The van der Waals surface area contributed by atoms with Crippen LogP contribution in [-0.2, 0) is 4.79 Å². The molecule has 0 N–H and O–H groups in total.